The van der Waals surface area contributed by atoms with Gasteiger partial charge in [-0.1, -0.05) is 24.3 Å². The first kappa shape index (κ1) is 18.7. The van der Waals surface area contributed by atoms with Crippen LogP contribution in [0.5, 0.6) is 11.5 Å². The summed E-state index contributed by atoms with van der Waals surface area (Å²) in [6.45, 7) is 3.81. The van der Waals surface area contributed by atoms with E-state index in [4.69, 9.17) is 4.74 Å². The molecule has 0 fully saturated rings. The molecule has 152 valence electrons. The molecule has 1 N–H and O–H groups in total. The van der Waals surface area contributed by atoms with Crippen molar-refractivity contribution in [1.82, 2.24) is 0 Å². The molecule has 0 aliphatic carbocycles. The number of para-hydroxylation sites is 1. The molecule has 3 aromatic rings. The first-order valence-electron chi connectivity index (χ1n) is 9.71. The van der Waals surface area contributed by atoms with Gasteiger partial charge in [-0.2, -0.15) is 0 Å². The Morgan fingerprint density at radius 3 is 2.63 bits per heavy atom. The monoisotopic (exact) mass is 420 g/mol. The van der Waals surface area contributed by atoms with Crippen LogP contribution in [0.15, 0.2) is 65.6 Å². The average molecular weight is 420 g/mol. The van der Waals surface area contributed by atoms with Gasteiger partial charge in [-0.15, -0.1) is 0 Å². The molecule has 0 unspecified atom stereocenters. The van der Waals surface area contributed by atoms with Crippen LogP contribution in [0.4, 0.5) is 11.4 Å². The molecule has 0 spiro atoms. The first-order valence-corrected chi connectivity index (χ1v) is 11.1. The summed E-state index contributed by atoms with van der Waals surface area (Å²) in [5.74, 6) is 0.440. The molecule has 30 heavy (non-hydrogen) atoms. The van der Waals surface area contributed by atoms with Crippen molar-refractivity contribution in [3.05, 3.63) is 77.4 Å². The summed E-state index contributed by atoms with van der Waals surface area (Å²) in [5.41, 5.74) is 3.40. The lowest BCUT2D eigenvalue weighted by Gasteiger charge is -2.24. The van der Waals surface area contributed by atoms with E-state index in [2.05, 4.69) is 5.32 Å². The number of carbonyl (C=O) groups is 1. The number of rotatable bonds is 2. The van der Waals surface area contributed by atoms with Crippen molar-refractivity contribution in [2.75, 3.05) is 9.62 Å². The van der Waals surface area contributed by atoms with Crippen LogP contribution in [0.1, 0.15) is 28.4 Å². The number of carbonyl (C=O) groups excluding carboxylic acids is 1. The number of nitrogens with one attached hydrogen (secondary N) is 1. The van der Waals surface area contributed by atoms with Crippen LogP contribution in [0, 0.1) is 6.92 Å². The van der Waals surface area contributed by atoms with E-state index in [1.807, 2.05) is 50.2 Å². The Bertz CT molecular complexity index is 1300. The zero-order valence-electron chi connectivity index (χ0n) is 16.5. The predicted octanol–water partition coefficient (Wildman–Crippen LogP) is 4.49. The van der Waals surface area contributed by atoms with Gasteiger partial charge in [0.15, 0.2) is 5.75 Å². The van der Waals surface area contributed by atoms with E-state index in [-0.39, 0.29) is 16.5 Å². The largest absolute Gasteiger partial charge is 0.454 e. The van der Waals surface area contributed by atoms with Crippen LogP contribution < -0.4 is 14.4 Å². The molecule has 3 aromatic carbocycles. The molecule has 2 aliphatic heterocycles. The van der Waals surface area contributed by atoms with Gasteiger partial charge in [-0.05, 0) is 67.8 Å². The molecule has 0 aromatic heterocycles. The Morgan fingerprint density at radius 1 is 1.03 bits per heavy atom. The third kappa shape index (κ3) is 2.85. The fraction of sp³-hybridized carbons (Fsp3) is 0.174. The molecule has 1 atom stereocenters. The summed E-state index contributed by atoms with van der Waals surface area (Å²) in [6, 6.07) is 17.2. The standard InChI is InChI=1S/C23H20N2O4S/c1-14-7-9-22-19(11-14)24-23(26)18-13-17(8-10-21(18)29-22)30(27,28)25-15(2)12-16-5-3-4-6-20(16)25/h3-11,13,15H,12H2,1-2H3,(H,24,26)/t15-/m0/s1. The number of hydrogen-bond acceptors (Lipinski definition) is 4. The number of sulfonamides is 1. The Morgan fingerprint density at radius 2 is 1.80 bits per heavy atom. The Kier molecular flexibility index (Phi) is 4.11. The van der Waals surface area contributed by atoms with E-state index in [0.717, 1.165) is 11.1 Å². The summed E-state index contributed by atoms with van der Waals surface area (Å²) in [4.78, 5) is 12.9. The van der Waals surface area contributed by atoms with Gasteiger partial charge in [0.25, 0.3) is 15.9 Å². The Hall–Kier alpha value is -3.32. The molecule has 1 amide bonds. The number of nitrogens with zero attached hydrogens (tertiary/aromatic N) is 1. The molecule has 6 nitrogen and oxygen atoms in total. The van der Waals surface area contributed by atoms with E-state index < -0.39 is 15.9 Å². The Labute approximate surface area is 175 Å². The SMILES string of the molecule is Cc1ccc2c(c1)NC(=O)c1cc(S(=O)(=O)N3c4ccccc4C[C@@H]3C)ccc1O2. The van der Waals surface area contributed by atoms with Crippen LogP contribution in [0.3, 0.4) is 0 Å². The smallest absolute Gasteiger partial charge is 0.264 e. The van der Waals surface area contributed by atoms with Gasteiger partial charge < -0.3 is 10.1 Å². The lowest BCUT2D eigenvalue weighted by atomic mass is 10.1. The molecule has 0 bridgehead atoms. The van der Waals surface area contributed by atoms with Gasteiger partial charge >= 0.3 is 0 Å². The fourth-order valence-electron chi connectivity index (χ4n) is 4.09. The number of ether oxygens (including phenoxy) is 1. The average Bonchev–Trinajstić information content (AvgIpc) is 2.99. The van der Waals surface area contributed by atoms with Gasteiger partial charge in [0.2, 0.25) is 0 Å². The maximum atomic E-state index is 13.5. The van der Waals surface area contributed by atoms with Crippen LogP contribution in [-0.2, 0) is 16.4 Å². The van der Waals surface area contributed by atoms with Crippen molar-refractivity contribution in [2.24, 2.45) is 0 Å². The third-order valence-corrected chi connectivity index (χ3v) is 7.42. The van der Waals surface area contributed by atoms with Crippen molar-refractivity contribution in [2.45, 2.75) is 31.2 Å². The molecule has 2 heterocycles. The zero-order chi connectivity index (χ0) is 21.0. The normalized spacial score (nSPS) is 17.3. The van der Waals surface area contributed by atoms with E-state index in [0.29, 0.717) is 29.3 Å². The first-order chi connectivity index (χ1) is 14.3. The molecule has 0 saturated heterocycles. The summed E-state index contributed by atoms with van der Waals surface area (Å²) in [6.07, 6.45) is 0.651. The van der Waals surface area contributed by atoms with E-state index >= 15 is 0 Å². The summed E-state index contributed by atoms with van der Waals surface area (Å²) in [7, 11) is -3.85. The lowest BCUT2D eigenvalue weighted by molar-refractivity contribution is 0.102. The highest BCUT2D eigenvalue weighted by Crippen LogP contribution is 2.40. The number of hydrogen-bond donors (Lipinski definition) is 1. The minimum absolute atomic E-state index is 0.0608. The van der Waals surface area contributed by atoms with Gasteiger partial charge in [0, 0.05) is 6.04 Å². The van der Waals surface area contributed by atoms with Crippen LogP contribution in [0.2, 0.25) is 0 Å². The molecule has 0 radical (unpaired) electrons. The molecular weight excluding hydrogens is 400 g/mol. The lowest BCUT2D eigenvalue weighted by Crippen LogP contribution is -2.35. The third-order valence-electron chi connectivity index (χ3n) is 5.50. The summed E-state index contributed by atoms with van der Waals surface area (Å²) in [5, 5.41) is 2.82. The van der Waals surface area contributed by atoms with Crippen molar-refractivity contribution in [3.63, 3.8) is 0 Å². The molecule has 0 saturated carbocycles. The number of fused-ring (bicyclic) bond motifs is 3. The van der Waals surface area contributed by atoms with Gasteiger partial charge in [0.1, 0.15) is 5.75 Å². The van der Waals surface area contributed by atoms with Gasteiger partial charge in [0.05, 0.1) is 21.8 Å². The summed E-state index contributed by atoms with van der Waals surface area (Å²) >= 11 is 0. The minimum Gasteiger partial charge on any atom is -0.454 e. The minimum atomic E-state index is -3.85. The Balaban J connectivity index is 1.58. The second kappa shape index (κ2) is 6.60. The van der Waals surface area contributed by atoms with E-state index in [1.165, 1.54) is 16.4 Å². The molecule has 5 rings (SSSR count). The van der Waals surface area contributed by atoms with Crippen molar-refractivity contribution in [1.29, 1.82) is 0 Å². The van der Waals surface area contributed by atoms with E-state index in [9.17, 15) is 13.2 Å². The van der Waals surface area contributed by atoms with Gasteiger partial charge in [-0.25, -0.2) is 8.42 Å². The number of benzene rings is 3. The predicted molar refractivity (Wildman–Crippen MR) is 115 cm³/mol. The quantitative estimate of drug-likeness (QED) is 0.663. The van der Waals surface area contributed by atoms with E-state index in [1.54, 1.807) is 12.1 Å². The van der Waals surface area contributed by atoms with Crippen molar-refractivity contribution in [3.8, 4) is 11.5 Å². The number of anilines is 2. The highest BCUT2D eigenvalue weighted by molar-refractivity contribution is 7.92. The highest BCUT2D eigenvalue weighted by atomic mass is 32.2. The molecule has 2 aliphatic rings. The summed E-state index contributed by atoms with van der Waals surface area (Å²) < 4.78 is 34.4. The fourth-order valence-corrected chi connectivity index (χ4v) is 5.81. The van der Waals surface area contributed by atoms with Crippen molar-refractivity contribution < 1.29 is 17.9 Å². The second-order valence-electron chi connectivity index (χ2n) is 7.70. The molecular formula is C23H20N2O4S. The topological polar surface area (TPSA) is 75.7 Å². The second-order valence-corrected chi connectivity index (χ2v) is 9.51. The number of amides is 1. The van der Waals surface area contributed by atoms with Crippen molar-refractivity contribution >= 4 is 27.3 Å². The number of aryl methyl sites for hydroxylation is 1. The maximum Gasteiger partial charge on any atom is 0.264 e. The van der Waals surface area contributed by atoms with Crippen LogP contribution in [0.25, 0.3) is 0 Å². The molecule has 7 heteroatoms. The maximum absolute atomic E-state index is 13.5. The van der Waals surface area contributed by atoms with Crippen LogP contribution >= 0.6 is 0 Å². The van der Waals surface area contributed by atoms with Gasteiger partial charge in [-0.3, -0.25) is 9.10 Å². The zero-order valence-corrected chi connectivity index (χ0v) is 17.4. The van der Waals surface area contributed by atoms with Crippen LogP contribution in [-0.4, -0.2) is 20.4 Å². The highest BCUT2D eigenvalue weighted by Gasteiger charge is 2.36.